The molecule has 1 aliphatic heterocycles. The number of rotatable bonds is 5. The number of nitro groups is 1. The van der Waals surface area contributed by atoms with Crippen molar-refractivity contribution in [2.24, 2.45) is 5.92 Å². The molecule has 21 heavy (non-hydrogen) atoms. The predicted molar refractivity (Wildman–Crippen MR) is 76.3 cm³/mol. The molecule has 1 heterocycles. The summed E-state index contributed by atoms with van der Waals surface area (Å²) in [4.78, 5) is 12.5. The van der Waals surface area contributed by atoms with Gasteiger partial charge in [-0.25, -0.2) is 8.78 Å². The van der Waals surface area contributed by atoms with Crippen LogP contribution in [-0.4, -0.2) is 36.0 Å². The standard InChI is InChI=1S/C14H19F2N3O2/c1-2-18-7-5-10(6-8-18)9-17-14-12(19(20)21)4-3-11(15)13(14)16/h3-4,10,17H,2,5-9H2,1H3. The van der Waals surface area contributed by atoms with E-state index in [1.165, 1.54) is 0 Å². The number of hydrogen-bond donors (Lipinski definition) is 1. The van der Waals surface area contributed by atoms with Crippen LogP contribution in [0.15, 0.2) is 12.1 Å². The Kier molecular flexibility index (Phi) is 5.06. The summed E-state index contributed by atoms with van der Waals surface area (Å²) in [5, 5.41) is 13.6. The molecule has 0 aliphatic carbocycles. The van der Waals surface area contributed by atoms with E-state index in [4.69, 9.17) is 0 Å². The van der Waals surface area contributed by atoms with Gasteiger partial charge in [0.25, 0.3) is 5.69 Å². The lowest BCUT2D eigenvalue weighted by atomic mass is 9.96. The zero-order valence-electron chi connectivity index (χ0n) is 11.9. The SMILES string of the molecule is CCN1CCC(CNc2c([N+](=O)[O-])ccc(F)c2F)CC1. The van der Waals surface area contributed by atoms with Gasteiger partial charge in [0.15, 0.2) is 17.3 Å². The monoisotopic (exact) mass is 299 g/mol. The molecule has 0 amide bonds. The maximum atomic E-state index is 13.7. The van der Waals surface area contributed by atoms with E-state index in [2.05, 4.69) is 17.1 Å². The van der Waals surface area contributed by atoms with Crippen LogP contribution in [0.3, 0.4) is 0 Å². The highest BCUT2D eigenvalue weighted by atomic mass is 19.2. The van der Waals surface area contributed by atoms with Crippen LogP contribution in [0, 0.1) is 27.7 Å². The van der Waals surface area contributed by atoms with E-state index >= 15 is 0 Å². The molecule has 1 fully saturated rings. The molecule has 0 unspecified atom stereocenters. The number of anilines is 1. The number of nitrogens with one attached hydrogen (secondary N) is 1. The third-order valence-electron chi connectivity index (χ3n) is 3.99. The summed E-state index contributed by atoms with van der Waals surface area (Å²) in [6.45, 7) is 5.46. The second-order valence-electron chi connectivity index (χ2n) is 5.27. The number of nitrogens with zero attached hydrogens (tertiary/aromatic N) is 2. The fourth-order valence-corrected chi connectivity index (χ4v) is 2.61. The van der Waals surface area contributed by atoms with Crippen molar-refractivity contribution in [2.75, 3.05) is 31.5 Å². The van der Waals surface area contributed by atoms with Crippen LogP contribution in [-0.2, 0) is 0 Å². The number of likely N-dealkylation sites (tertiary alicyclic amines) is 1. The van der Waals surface area contributed by atoms with E-state index in [0.29, 0.717) is 12.5 Å². The maximum Gasteiger partial charge on any atom is 0.295 e. The van der Waals surface area contributed by atoms with Crippen LogP contribution >= 0.6 is 0 Å². The fourth-order valence-electron chi connectivity index (χ4n) is 2.61. The Bertz CT molecular complexity index is 517. The van der Waals surface area contributed by atoms with E-state index in [-0.39, 0.29) is 5.69 Å². The van der Waals surface area contributed by atoms with Crippen molar-refractivity contribution in [1.82, 2.24) is 4.90 Å². The first-order valence-corrected chi connectivity index (χ1v) is 7.11. The van der Waals surface area contributed by atoms with Gasteiger partial charge in [-0.05, 0) is 44.5 Å². The van der Waals surface area contributed by atoms with Gasteiger partial charge in [-0.15, -0.1) is 0 Å². The number of halogens is 2. The normalized spacial score (nSPS) is 16.9. The van der Waals surface area contributed by atoms with E-state index < -0.39 is 22.2 Å². The zero-order valence-corrected chi connectivity index (χ0v) is 11.9. The smallest absolute Gasteiger partial charge is 0.295 e. The lowest BCUT2D eigenvalue weighted by molar-refractivity contribution is -0.384. The first kappa shape index (κ1) is 15.6. The number of nitro benzene ring substituents is 1. The zero-order chi connectivity index (χ0) is 15.4. The maximum absolute atomic E-state index is 13.7. The van der Waals surface area contributed by atoms with Gasteiger partial charge in [0.05, 0.1) is 4.92 Å². The van der Waals surface area contributed by atoms with Crippen LogP contribution in [0.25, 0.3) is 0 Å². The Hall–Kier alpha value is -1.76. The first-order chi connectivity index (χ1) is 10.0. The van der Waals surface area contributed by atoms with Crippen LogP contribution in [0.5, 0.6) is 0 Å². The number of benzene rings is 1. The largest absolute Gasteiger partial charge is 0.377 e. The number of hydrogen-bond acceptors (Lipinski definition) is 4. The second kappa shape index (κ2) is 6.80. The van der Waals surface area contributed by atoms with Crippen LogP contribution < -0.4 is 5.32 Å². The second-order valence-corrected chi connectivity index (χ2v) is 5.27. The molecule has 0 aromatic heterocycles. The van der Waals surface area contributed by atoms with Crippen molar-refractivity contribution in [3.63, 3.8) is 0 Å². The molecule has 0 radical (unpaired) electrons. The van der Waals surface area contributed by atoms with Gasteiger partial charge in [0.2, 0.25) is 0 Å². The minimum atomic E-state index is -1.19. The molecule has 0 saturated carbocycles. The summed E-state index contributed by atoms with van der Waals surface area (Å²) >= 11 is 0. The molecular formula is C14H19F2N3O2. The van der Waals surface area contributed by atoms with Crippen molar-refractivity contribution < 1.29 is 13.7 Å². The summed E-state index contributed by atoms with van der Waals surface area (Å²) in [7, 11) is 0. The van der Waals surface area contributed by atoms with E-state index in [1.807, 2.05) is 0 Å². The van der Waals surface area contributed by atoms with E-state index in [0.717, 1.165) is 44.6 Å². The average Bonchev–Trinajstić information content (AvgIpc) is 2.49. The minimum Gasteiger partial charge on any atom is -0.377 e. The summed E-state index contributed by atoms with van der Waals surface area (Å²) in [5.41, 5.74) is -0.780. The van der Waals surface area contributed by atoms with Crippen molar-refractivity contribution in [2.45, 2.75) is 19.8 Å². The van der Waals surface area contributed by atoms with Gasteiger partial charge in [-0.2, -0.15) is 0 Å². The van der Waals surface area contributed by atoms with Crippen molar-refractivity contribution in [1.29, 1.82) is 0 Å². The molecule has 0 spiro atoms. The van der Waals surface area contributed by atoms with Crippen molar-refractivity contribution in [3.8, 4) is 0 Å². The highest BCUT2D eigenvalue weighted by molar-refractivity contribution is 5.62. The Morgan fingerprint density at radius 2 is 2.05 bits per heavy atom. The van der Waals surface area contributed by atoms with E-state index in [9.17, 15) is 18.9 Å². The Labute approximate surface area is 122 Å². The first-order valence-electron chi connectivity index (χ1n) is 7.11. The Balaban J connectivity index is 2.03. The molecule has 1 saturated heterocycles. The van der Waals surface area contributed by atoms with Gasteiger partial charge >= 0.3 is 0 Å². The summed E-state index contributed by atoms with van der Waals surface area (Å²) < 4.78 is 27.0. The van der Waals surface area contributed by atoms with Crippen LogP contribution in [0.1, 0.15) is 19.8 Å². The van der Waals surface area contributed by atoms with Gasteiger partial charge in [0, 0.05) is 12.6 Å². The summed E-state index contributed by atoms with van der Waals surface area (Å²) in [6.07, 6.45) is 1.90. The molecule has 1 aromatic carbocycles. The van der Waals surface area contributed by atoms with Gasteiger partial charge in [0.1, 0.15) is 0 Å². The molecule has 7 heteroatoms. The third-order valence-corrected chi connectivity index (χ3v) is 3.99. The lowest BCUT2D eigenvalue weighted by Gasteiger charge is -2.31. The Morgan fingerprint density at radius 3 is 2.62 bits per heavy atom. The number of piperidine rings is 1. The highest BCUT2D eigenvalue weighted by Gasteiger charge is 2.23. The Morgan fingerprint density at radius 1 is 1.38 bits per heavy atom. The topological polar surface area (TPSA) is 58.4 Å². The average molecular weight is 299 g/mol. The quantitative estimate of drug-likeness (QED) is 0.670. The van der Waals surface area contributed by atoms with Gasteiger partial charge in [-0.3, -0.25) is 10.1 Å². The van der Waals surface area contributed by atoms with Crippen LogP contribution in [0.2, 0.25) is 0 Å². The molecule has 116 valence electrons. The molecule has 1 N–H and O–H groups in total. The van der Waals surface area contributed by atoms with Crippen molar-refractivity contribution >= 4 is 11.4 Å². The molecule has 1 aliphatic rings. The third kappa shape index (κ3) is 3.66. The molecule has 0 atom stereocenters. The van der Waals surface area contributed by atoms with Crippen molar-refractivity contribution in [3.05, 3.63) is 33.9 Å². The minimum absolute atomic E-state index is 0.315. The molecule has 5 nitrogen and oxygen atoms in total. The molecule has 0 bridgehead atoms. The lowest BCUT2D eigenvalue weighted by Crippen LogP contribution is -2.35. The van der Waals surface area contributed by atoms with Gasteiger partial charge in [-0.1, -0.05) is 6.92 Å². The summed E-state index contributed by atoms with van der Waals surface area (Å²) in [5.74, 6) is -1.95. The van der Waals surface area contributed by atoms with E-state index in [1.54, 1.807) is 0 Å². The predicted octanol–water partition coefficient (Wildman–Crippen LogP) is 3.02. The van der Waals surface area contributed by atoms with Crippen LogP contribution in [0.4, 0.5) is 20.2 Å². The molecule has 2 rings (SSSR count). The fraction of sp³-hybridized carbons (Fsp3) is 0.571. The molecule has 1 aromatic rings. The highest BCUT2D eigenvalue weighted by Crippen LogP contribution is 2.30. The summed E-state index contributed by atoms with van der Waals surface area (Å²) in [6, 6.07) is 1.76. The molecular weight excluding hydrogens is 280 g/mol. The van der Waals surface area contributed by atoms with Gasteiger partial charge < -0.3 is 10.2 Å².